The number of aliphatic hydroxyl groups excluding tert-OH is 1. The smallest absolute Gasteiger partial charge is 0.307 e. The highest BCUT2D eigenvalue weighted by Crippen LogP contribution is 2.68. The first-order valence-corrected chi connectivity index (χ1v) is 12.1. The van der Waals surface area contributed by atoms with Crippen LogP contribution in [-0.2, 0) is 4.79 Å². The molecule has 1 aromatic rings. The first-order chi connectivity index (χ1) is 14.8. The molecule has 2 fully saturated rings. The van der Waals surface area contributed by atoms with Crippen LogP contribution >= 0.6 is 0 Å². The average Bonchev–Trinajstić information content (AvgIpc) is 3.32. The van der Waals surface area contributed by atoms with Gasteiger partial charge in [0.15, 0.2) is 0 Å². The van der Waals surface area contributed by atoms with Gasteiger partial charge in [-0.15, -0.1) is 0 Å². The first kappa shape index (κ1) is 21.0. The number of nitrogens with zero attached hydrogens (tertiary/aromatic N) is 1. The van der Waals surface area contributed by atoms with Crippen LogP contribution in [0, 0.1) is 34.5 Å². The second-order valence-electron chi connectivity index (χ2n) is 11.0. The summed E-state index contributed by atoms with van der Waals surface area (Å²) in [7, 11) is 0. The van der Waals surface area contributed by atoms with E-state index < -0.39 is 5.97 Å². The molecule has 0 aliphatic heterocycles. The number of hydrogen-bond donors (Lipinski definition) is 3. The van der Waals surface area contributed by atoms with Crippen LogP contribution in [0.5, 0.6) is 0 Å². The van der Waals surface area contributed by atoms with Crippen molar-refractivity contribution in [2.75, 3.05) is 0 Å². The molecule has 4 aliphatic rings. The number of aliphatic carboxylic acids is 1. The van der Waals surface area contributed by atoms with Crippen molar-refractivity contribution in [1.82, 2.24) is 9.97 Å². The zero-order valence-electron chi connectivity index (χ0n) is 19.0. The van der Waals surface area contributed by atoms with Crippen molar-refractivity contribution < 1.29 is 15.0 Å². The number of carboxylic acid groups (broad SMARTS) is 1. The molecule has 5 heteroatoms. The molecule has 2 saturated carbocycles. The molecule has 0 aromatic carbocycles. The van der Waals surface area contributed by atoms with Gasteiger partial charge < -0.3 is 15.2 Å². The lowest BCUT2D eigenvalue weighted by Gasteiger charge is -2.59. The molecule has 5 nitrogen and oxygen atoms in total. The molecule has 168 valence electrons. The molecular weight excluding hydrogens is 388 g/mol. The summed E-state index contributed by atoms with van der Waals surface area (Å²) in [5, 5.41) is 20.0. The van der Waals surface area contributed by atoms with Crippen LogP contribution in [0.2, 0.25) is 0 Å². The Labute approximate surface area is 185 Å². The second-order valence-corrected chi connectivity index (χ2v) is 11.0. The third-order valence-electron chi connectivity index (χ3n) is 9.63. The van der Waals surface area contributed by atoms with Gasteiger partial charge in [0, 0.05) is 0 Å². The van der Waals surface area contributed by atoms with Crippen LogP contribution in [0.1, 0.15) is 77.8 Å². The van der Waals surface area contributed by atoms with Crippen molar-refractivity contribution in [2.45, 2.75) is 78.2 Å². The minimum atomic E-state index is -0.739. The minimum absolute atomic E-state index is 0.0121. The summed E-state index contributed by atoms with van der Waals surface area (Å²) >= 11 is 0. The van der Waals surface area contributed by atoms with Crippen LogP contribution in [0.4, 0.5) is 0 Å². The van der Waals surface area contributed by atoms with E-state index in [1.807, 2.05) is 6.20 Å². The van der Waals surface area contributed by atoms with Crippen molar-refractivity contribution in [3.63, 3.8) is 0 Å². The Hall–Kier alpha value is -1.88. The van der Waals surface area contributed by atoms with E-state index in [9.17, 15) is 15.0 Å². The highest BCUT2D eigenvalue weighted by Gasteiger charge is 2.60. The van der Waals surface area contributed by atoms with Crippen LogP contribution in [0.3, 0.4) is 0 Å². The number of carbonyl (C=O) groups is 1. The highest BCUT2D eigenvalue weighted by molar-refractivity contribution is 5.80. The Morgan fingerprint density at radius 2 is 1.97 bits per heavy atom. The number of H-pyrrole nitrogens is 1. The molecule has 4 aliphatic carbocycles. The van der Waals surface area contributed by atoms with E-state index in [1.165, 1.54) is 17.6 Å². The van der Waals surface area contributed by atoms with E-state index in [4.69, 9.17) is 0 Å². The number of imidazole rings is 1. The van der Waals surface area contributed by atoms with E-state index >= 15 is 0 Å². The maximum Gasteiger partial charge on any atom is 0.307 e. The fraction of sp³-hybridized carbons (Fsp3) is 0.692. The SMILES string of the molecule is CCC1C=C2CC(O)CC[C@]2(C)[C@@H]2CC[C@]3(C)C(c4cnc[nH]4)=C(CC(=O)O)C[C@H]3[C@H]12. The summed E-state index contributed by atoms with van der Waals surface area (Å²) in [6.07, 6.45) is 13.1. The predicted molar refractivity (Wildman–Crippen MR) is 120 cm³/mol. The average molecular weight is 425 g/mol. The number of aromatic amines is 1. The first-order valence-electron chi connectivity index (χ1n) is 12.1. The zero-order chi connectivity index (χ0) is 22.0. The number of hydrogen-bond acceptors (Lipinski definition) is 3. The lowest BCUT2D eigenvalue weighted by Crippen LogP contribution is -2.52. The molecule has 2 unspecified atom stereocenters. The third-order valence-corrected chi connectivity index (χ3v) is 9.63. The van der Waals surface area contributed by atoms with Gasteiger partial charge in [-0.25, -0.2) is 4.98 Å². The van der Waals surface area contributed by atoms with Crippen molar-refractivity contribution in [3.05, 3.63) is 35.4 Å². The van der Waals surface area contributed by atoms with Crippen LogP contribution in [0.25, 0.3) is 5.57 Å². The summed E-state index contributed by atoms with van der Waals surface area (Å²) in [6.45, 7) is 7.13. The van der Waals surface area contributed by atoms with Gasteiger partial charge >= 0.3 is 5.97 Å². The Morgan fingerprint density at radius 3 is 2.65 bits per heavy atom. The Morgan fingerprint density at radius 1 is 1.19 bits per heavy atom. The number of rotatable bonds is 4. The fourth-order valence-electron chi connectivity index (χ4n) is 8.21. The standard InChI is InChI=1S/C26H36N2O3/c1-4-15-9-17-12-18(29)5-7-25(17,2)19-6-8-26(3)20(23(15)19)10-16(11-22(30)31)24(26)21-13-27-14-28-21/h9,13-15,18-20,23,29H,4-8,10-12H2,1-3H3,(H,27,28)(H,30,31)/t15?,18?,19-,20+,23-,25+,26+/m1/s1. The number of allylic oxidation sites excluding steroid dienone is 2. The molecule has 5 rings (SSSR count). The number of aromatic nitrogens is 2. The molecule has 0 saturated heterocycles. The molecule has 1 aromatic heterocycles. The van der Waals surface area contributed by atoms with Crippen molar-refractivity contribution in [3.8, 4) is 0 Å². The molecule has 7 atom stereocenters. The van der Waals surface area contributed by atoms with Crippen molar-refractivity contribution in [2.24, 2.45) is 34.5 Å². The van der Waals surface area contributed by atoms with Crippen LogP contribution < -0.4 is 0 Å². The quantitative estimate of drug-likeness (QED) is 0.579. The van der Waals surface area contributed by atoms with Gasteiger partial charge in [0.25, 0.3) is 0 Å². The molecule has 31 heavy (non-hydrogen) atoms. The highest BCUT2D eigenvalue weighted by atomic mass is 16.4. The predicted octanol–water partition coefficient (Wildman–Crippen LogP) is 5.21. The maximum atomic E-state index is 11.8. The molecule has 0 bridgehead atoms. The molecular formula is C26H36N2O3. The molecule has 0 radical (unpaired) electrons. The molecule has 1 heterocycles. The Bertz CT molecular complexity index is 932. The normalized spacial score (nSPS) is 41.9. The van der Waals surface area contributed by atoms with Gasteiger partial charge in [-0.1, -0.05) is 38.0 Å². The number of fused-ring (bicyclic) bond motifs is 5. The van der Waals surface area contributed by atoms with E-state index in [0.717, 1.165) is 49.8 Å². The van der Waals surface area contributed by atoms with Gasteiger partial charge in [-0.3, -0.25) is 4.79 Å². The number of aliphatic hydroxyl groups is 1. The molecule has 0 spiro atoms. The summed E-state index contributed by atoms with van der Waals surface area (Å²) in [5.74, 6) is 1.42. The van der Waals surface area contributed by atoms with E-state index in [0.29, 0.717) is 23.7 Å². The van der Waals surface area contributed by atoms with E-state index in [1.54, 1.807) is 6.33 Å². The van der Waals surface area contributed by atoms with Crippen molar-refractivity contribution in [1.29, 1.82) is 0 Å². The Balaban J connectivity index is 1.59. The van der Waals surface area contributed by atoms with Gasteiger partial charge in [-0.2, -0.15) is 0 Å². The monoisotopic (exact) mass is 424 g/mol. The molecule has 3 N–H and O–H groups in total. The summed E-state index contributed by atoms with van der Waals surface area (Å²) < 4.78 is 0. The van der Waals surface area contributed by atoms with E-state index in [2.05, 4.69) is 36.8 Å². The lowest BCUT2D eigenvalue weighted by molar-refractivity contribution is -0.136. The van der Waals surface area contributed by atoms with Crippen LogP contribution in [-0.4, -0.2) is 32.3 Å². The van der Waals surface area contributed by atoms with Gasteiger partial charge in [0.05, 0.1) is 30.7 Å². The fourth-order valence-corrected chi connectivity index (χ4v) is 8.21. The maximum absolute atomic E-state index is 11.8. The number of nitrogens with one attached hydrogen (secondary N) is 1. The summed E-state index contributed by atoms with van der Waals surface area (Å²) in [5.41, 5.74) is 4.99. The van der Waals surface area contributed by atoms with Gasteiger partial charge in [0.2, 0.25) is 0 Å². The largest absolute Gasteiger partial charge is 0.481 e. The zero-order valence-corrected chi connectivity index (χ0v) is 19.0. The van der Waals surface area contributed by atoms with Crippen molar-refractivity contribution >= 4 is 11.5 Å². The lowest BCUT2D eigenvalue weighted by atomic mass is 9.45. The topological polar surface area (TPSA) is 86.2 Å². The third kappa shape index (κ3) is 3.06. The number of carboxylic acids is 1. The second kappa shape index (κ2) is 7.33. The summed E-state index contributed by atoms with van der Waals surface area (Å²) in [4.78, 5) is 19.3. The van der Waals surface area contributed by atoms with Gasteiger partial charge in [0.1, 0.15) is 0 Å². The summed E-state index contributed by atoms with van der Waals surface area (Å²) in [6, 6.07) is 0. The minimum Gasteiger partial charge on any atom is -0.481 e. The Kier molecular flexibility index (Phi) is 4.96. The van der Waals surface area contributed by atoms with Crippen LogP contribution in [0.15, 0.2) is 29.7 Å². The van der Waals surface area contributed by atoms with Gasteiger partial charge in [-0.05, 0) is 85.0 Å². The van der Waals surface area contributed by atoms with E-state index in [-0.39, 0.29) is 23.4 Å². The molecule has 0 amide bonds.